The van der Waals surface area contributed by atoms with Crippen LogP contribution >= 0.6 is 0 Å². The van der Waals surface area contributed by atoms with Crippen LogP contribution in [0.25, 0.3) is 0 Å². The molecule has 0 aromatic carbocycles. The number of ether oxygens (including phenoxy) is 2. The molecule has 9 heteroatoms. The van der Waals surface area contributed by atoms with E-state index < -0.39 is 11.5 Å². The summed E-state index contributed by atoms with van der Waals surface area (Å²) in [4.78, 5) is 24.5. The zero-order chi connectivity index (χ0) is 20.4. The Morgan fingerprint density at radius 2 is 1.71 bits per heavy atom. The Hall–Kier alpha value is -2.19. The number of halogens is 2. The van der Waals surface area contributed by atoms with E-state index in [0.717, 1.165) is 0 Å². The molecule has 1 saturated carbocycles. The summed E-state index contributed by atoms with van der Waals surface area (Å²) >= 11 is 0. The first-order valence-electron chi connectivity index (χ1n) is 9.71. The molecule has 0 radical (unpaired) electrons. The maximum absolute atomic E-state index is 13.4. The highest BCUT2D eigenvalue weighted by molar-refractivity contribution is 5.68. The van der Waals surface area contributed by atoms with Crippen LogP contribution in [0.4, 0.5) is 19.4 Å². The molecule has 1 aliphatic carbocycles. The zero-order valence-electron chi connectivity index (χ0n) is 16.7. The lowest BCUT2D eigenvalue weighted by atomic mass is 9.94. The first kappa shape index (κ1) is 20.5. The van der Waals surface area contributed by atoms with Gasteiger partial charge in [-0.3, -0.25) is 0 Å². The topological polar surface area (TPSA) is 67.8 Å². The second-order valence-corrected chi connectivity index (χ2v) is 8.31. The second kappa shape index (κ2) is 8.05. The molecule has 2 fully saturated rings. The summed E-state index contributed by atoms with van der Waals surface area (Å²) in [5, 5.41) is 0. The van der Waals surface area contributed by atoms with Crippen LogP contribution in [0.15, 0.2) is 12.4 Å². The molecule has 3 rings (SSSR count). The Kier molecular flexibility index (Phi) is 5.90. The molecule has 1 aliphatic heterocycles. The quantitative estimate of drug-likeness (QED) is 0.776. The van der Waals surface area contributed by atoms with Gasteiger partial charge in [-0.15, -0.1) is 0 Å². The minimum atomic E-state index is -2.59. The van der Waals surface area contributed by atoms with E-state index in [1.54, 1.807) is 11.1 Å². The predicted octanol–water partition coefficient (Wildman–Crippen LogP) is 3.49. The summed E-state index contributed by atoms with van der Waals surface area (Å²) in [6, 6.07) is 0. The van der Waals surface area contributed by atoms with Crippen LogP contribution in [-0.2, 0) is 4.74 Å². The van der Waals surface area contributed by atoms with E-state index >= 15 is 0 Å². The summed E-state index contributed by atoms with van der Waals surface area (Å²) in [5.74, 6) is -1.64. The summed E-state index contributed by atoms with van der Waals surface area (Å²) in [7, 11) is 0. The highest BCUT2D eigenvalue weighted by atomic mass is 19.3. The number of alkyl halides is 2. The van der Waals surface area contributed by atoms with Crippen LogP contribution in [0, 0.1) is 0 Å². The van der Waals surface area contributed by atoms with E-state index in [-0.39, 0.29) is 25.0 Å². The third-order valence-corrected chi connectivity index (χ3v) is 4.82. The van der Waals surface area contributed by atoms with Crippen molar-refractivity contribution in [2.45, 2.75) is 64.1 Å². The normalized spacial score (nSPS) is 20.8. The summed E-state index contributed by atoms with van der Waals surface area (Å²) in [6.45, 7) is 7.65. The number of amides is 1. The van der Waals surface area contributed by atoms with E-state index in [9.17, 15) is 13.6 Å². The molecule has 7 nitrogen and oxygen atoms in total. The van der Waals surface area contributed by atoms with Gasteiger partial charge in [0.2, 0.25) is 5.92 Å². The Morgan fingerprint density at radius 3 is 2.32 bits per heavy atom. The number of aromatic nitrogens is 2. The molecular formula is C19H28F2N4O3. The van der Waals surface area contributed by atoms with Crippen LogP contribution in [0.5, 0.6) is 5.88 Å². The van der Waals surface area contributed by atoms with Crippen LogP contribution in [0.2, 0.25) is 0 Å². The van der Waals surface area contributed by atoms with Gasteiger partial charge in [0.15, 0.2) is 5.82 Å². The Morgan fingerprint density at radius 1 is 1.11 bits per heavy atom. The fourth-order valence-electron chi connectivity index (χ4n) is 3.33. The number of nitrogens with zero attached hydrogens (tertiary/aromatic N) is 4. The number of piperazine rings is 1. The number of carbonyl (C=O) groups is 1. The number of rotatable bonds is 3. The van der Waals surface area contributed by atoms with Crippen LogP contribution < -0.4 is 9.64 Å². The highest BCUT2D eigenvalue weighted by Gasteiger charge is 2.36. The van der Waals surface area contributed by atoms with Crippen molar-refractivity contribution in [3.8, 4) is 5.88 Å². The first-order chi connectivity index (χ1) is 13.1. The van der Waals surface area contributed by atoms with Crippen molar-refractivity contribution in [2.24, 2.45) is 0 Å². The number of anilines is 1. The molecule has 156 valence electrons. The van der Waals surface area contributed by atoms with Gasteiger partial charge in [0.1, 0.15) is 11.7 Å². The molecular weight excluding hydrogens is 370 g/mol. The maximum Gasteiger partial charge on any atom is 0.410 e. The van der Waals surface area contributed by atoms with Crippen molar-refractivity contribution in [3.05, 3.63) is 12.4 Å². The molecule has 2 aliphatic rings. The second-order valence-electron chi connectivity index (χ2n) is 8.31. The number of hydrogen-bond donors (Lipinski definition) is 0. The molecule has 0 unspecified atom stereocenters. The molecule has 0 atom stereocenters. The summed E-state index contributed by atoms with van der Waals surface area (Å²) in [6.07, 6.45) is 2.78. The van der Waals surface area contributed by atoms with Crippen LogP contribution in [0.3, 0.4) is 0 Å². The number of hydrogen-bond acceptors (Lipinski definition) is 6. The molecule has 0 N–H and O–H groups in total. The predicted molar refractivity (Wildman–Crippen MR) is 99.9 cm³/mol. The lowest BCUT2D eigenvalue weighted by Gasteiger charge is -2.36. The molecule has 0 bridgehead atoms. The van der Waals surface area contributed by atoms with Crippen LogP contribution in [-0.4, -0.2) is 64.8 Å². The van der Waals surface area contributed by atoms with E-state index in [2.05, 4.69) is 9.97 Å². The van der Waals surface area contributed by atoms with Crippen molar-refractivity contribution in [1.82, 2.24) is 14.9 Å². The van der Waals surface area contributed by atoms with Crippen LogP contribution in [0.1, 0.15) is 46.5 Å². The third-order valence-electron chi connectivity index (χ3n) is 4.82. The summed E-state index contributed by atoms with van der Waals surface area (Å²) in [5.41, 5.74) is -0.531. The van der Waals surface area contributed by atoms with Gasteiger partial charge in [-0.1, -0.05) is 0 Å². The highest BCUT2D eigenvalue weighted by Crippen LogP contribution is 2.35. The molecule has 1 amide bonds. The Bertz CT molecular complexity index is 678. The fraction of sp³-hybridized carbons (Fsp3) is 0.737. The van der Waals surface area contributed by atoms with Gasteiger partial charge in [0.05, 0.1) is 0 Å². The zero-order valence-corrected chi connectivity index (χ0v) is 16.7. The van der Waals surface area contributed by atoms with Crippen molar-refractivity contribution in [3.63, 3.8) is 0 Å². The first-order valence-corrected chi connectivity index (χ1v) is 9.71. The van der Waals surface area contributed by atoms with Crippen molar-refractivity contribution in [1.29, 1.82) is 0 Å². The smallest absolute Gasteiger partial charge is 0.410 e. The third kappa shape index (κ3) is 5.42. The lowest BCUT2D eigenvalue weighted by molar-refractivity contribution is -0.0588. The molecule has 2 heterocycles. The Labute approximate surface area is 164 Å². The minimum Gasteiger partial charge on any atom is -0.472 e. The van der Waals surface area contributed by atoms with Crippen molar-refractivity contribution >= 4 is 11.9 Å². The SMILES string of the molecule is CC(C)(C)OC(=O)N1CCN(c2nccnc2OC2CCC(F)(F)CC2)CC1. The average Bonchev–Trinajstić information content (AvgIpc) is 2.63. The van der Waals surface area contributed by atoms with Gasteiger partial charge < -0.3 is 19.3 Å². The van der Waals surface area contributed by atoms with Gasteiger partial charge in [0.25, 0.3) is 5.88 Å². The van der Waals surface area contributed by atoms with E-state index in [1.165, 1.54) is 6.20 Å². The van der Waals surface area contributed by atoms with Gasteiger partial charge in [0, 0.05) is 51.4 Å². The molecule has 28 heavy (non-hydrogen) atoms. The molecule has 0 spiro atoms. The van der Waals surface area contributed by atoms with Gasteiger partial charge in [-0.25, -0.2) is 23.5 Å². The van der Waals surface area contributed by atoms with Gasteiger partial charge in [-0.2, -0.15) is 0 Å². The van der Waals surface area contributed by atoms with Crippen molar-refractivity contribution in [2.75, 3.05) is 31.1 Å². The van der Waals surface area contributed by atoms with Gasteiger partial charge >= 0.3 is 6.09 Å². The average molecular weight is 398 g/mol. The molecule has 1 aromatic rings. The Balaban J connectivity index is 1.59. The minimum absolute atomic E-state index is 0.165. The monoisotopic (exact) mass is 398 g/mol. The van der Waals surface area contributed by atoms with E-state index in [1.807, 2.05) is 25.7 Å². The number of carbonyl (C=O) groups excluding carboxylic acids is 1. The molecule has 1 saturated heterocycles. The van der Waals surface area contributed by atoms with Crippen molar-refractivity contribution < 1.29 is 23.0 Å². The largest absolute Gasteiger partial charge is 0.472 e. The van der Waals surface area contributed by atoms with Gasteiger partial charge in [-0.05, 0) is 33.6 Å². The fourth-order valence-corrected chi connectivity index (χ4v) is 3.33. The standard InChI is InChI=1S/C19H28F2N4O3/c1-18(2,3)28-17(26)25-12-10-24(11-13-25)15-16(23-9-8-22-15)27-14-4-6-19(20,21)7-5-14/h8-9,14H,4-7,10-13H2,1-3H3. The maximum atomic E-state index is 13.4. The lowest BCUT2D eigenvalue weighted by Crippen LogP contribution is -2.50. The van der Waals surface area contributed by atoms with E-state index in [0.29, 0.717) is 50.7 Å². The summed E-state index contributed by atoms with van der Waals surface area (Å²) < 4.78 is 38.0. The van der Waals surface area contributed by atoms with E-state index in [4.69, 9.17) is 9.47 Å². The molecule has 1 aromatic heterocycles.